The number of fused-ring (bicyclic) bond motifs is 1. The van der Waals surface area contributed by atoms with Crippen molar-refractivity contribution in [1.29, 1.82) is 0 Å². The molecule has 2 saturated heterocycles. The lowest BCUT2D eigenvalue weighted by atomic mass is 9.96. The number of nitrogens with one attached hydrogen (secondary N) is 7. The minimum absolute atomic E-state index is 0.0362. The van der Waals surface area contributed by atoms with Crippen LogP contribution in [0.2, 0.25) is 0 Å². The van der Waals surface area contributed by atoms with Gasteiger partial charge in [-0.05, 0) is 74.5 Å². The topological polar surface area (TPSA) is 317 Å². The number of carbonyl (C=O) groups excluding carboxylic acids is 8. The number of nitrogens with zero attached hydrogens (tertiary/aromatic N) is 2. The fraction of sp³-hybridized carbons (Fsp3) is 0.596. The normalized spacial score (nSPS) is 18.8. The molecule has 21 heteroatoms. The first-order valence-corrected chi connectivity index (χ1v) is 25.6. The highest BCUT2D eigenvalue weighted by Gasteiger charge is 2.50. The number of rotatable bonds is 29. The second-order valence-electron chi connectivity index (χ2n) is 20.2. The van der Waals surface area contributed by atoms with E-state index in [1.165, 1.54) is 11.9 Å². The molecule has 0 saturated carbocycles. The lowest BCUT2D eigenvalue weighted by molar-refractivity contribution is -0.146. The van der Waals surface area contributed by atoms with Gasteiger partial charge in [-0.3, -0.25) is 43.4 Å². The molecular formula is C52H79N11O10. The number of unbranched alkanes of at least 4 members (excludes halogenated alkanes) is 1. The summed E-state index contributed by atoms with van der Waals surface area (Å²) in [6.07, 6.45) is 2.91. The van der Waals surface area contributed by atoms with Crippen LogP contribution in [0.3, 0.4) is 0 Å². The van der Waals surface area contributed by atoms with Gasteiger partial charge in [-0.25, -0.2) is 9.80 Å². The highest BCUT2D eigenvalue weighted by Crippen LogP contribution is 2.26. The van der Waals surface area contributed by atoms with Gasteiger partial charge in [0, 0.05) is 25.9 Å². The second kappa shape index (κ2) is 28.7. The molecule has 2 aromatic carbocycles. The van der Waals surface area contributed by atoms with Crippen molar-refractivity contribution >= 4 is 53.2 Å². The Hall–Kier alpha value is -6.45. The largest absolute Gasteiger partial charge is 0.480 e. The molecule has 0 bridgehead atoms. The zero-order valence-corrected chi connectivity index (χ0v) is 43.4. The summed E-state index contributed by atoms with van der Waals surface area (Å²) in [5.41, 5.74) is 13.2. The van der Waals surface area contributed by atoms with Gasteiger partial charge < -0.3 is 53.8 Å². The summed E-state index contributed by atoms with van der Waals surface area (Å²) >= 11 is 0. The van der Waals surface area contributed by atoms with Crippen LogP contribution in [0, 0.1) is 17.8 Å². The summed E-state index contributed by atoms with van der Waals surface area (Å²) in [6.45, 7) is 13.2. The molecule has 4 rings (SSSR count). The van der Waals surface area contributed by atoms with Crippen LogP contribution >= 0.6 is 0 Å². The molecule has 2 aliphatic rings. The van der Waals surface area contributed by atoms with Crippen LogP contribution in [0.1, 0.15) is 105 Å². The van der Waals surface area contributed by atoms with Crippen LogP contribution in [-0.4, -0.2) is 142 Å². The SMILES string of the molecule is CCC(C)[C@H](NC(=O)[C@@H](N)CCCCN)C(=O)N[C@@H](Cc1ccccc1)C(=O)NC1CN2CCC(C(=O)N[C@@H](CC(C)C)C(=O)N[C@@H](C)C(=O)N[C@@H](Cc3ccccc3)C(=O)N[C@@H](CC(C)C)C(=O)O)N2C1=O. The first-order valence-electron chi connectivity index (χ1n) is 25.6. The number of benzene rings is 2. The van der Waals surface area contributed by atoms with Gasteiger partial charge in [0.15, 0.2) is 0 Å². The number of aliphatic carboxylic acids is 1. The molecule has 73 heavy (non-hydrogen) atoms. The number of carboxylic acids is 1. The molecule has 21 nitrogen and oxygen atoms in total. The van der Waals surface area contributed by atoms with Crippen molar-refractivity contribution in [2.24, 2.45) is 29.2 Å². The third-order valence-corrected chi connectivity index (χ3v) is 13.1. The summed E-state index contributed by atoms with van der Waals surface area (Å²) in [5.74, 6) is -6.73. The maximum atomic E-state index is 14.2. The van der Waals surface area contributed by atoms with Crippen molar-refractivity contribution in [2.45, 2.75) is 161 Å². The number of hydrogen-bond acceptors (Lipinski definition) is 12. The number of hydrogen-bond donors (Lipinski definition) is 10. The molecule has 2 heterocycles. The Morgan fingerprint density at radius 1 is 0.658 bits per heavy atom. The average molecular weight is 1020 g/mol. The first kappa shape index (κ1) is 59.1. The fourth-order valence-corrected chi connectivity index (χ4v) is 8.83. The van der Waals surface area contributed by atoms with Crippen LogP contribution < -0.4 is 48.7 Å². The van der Waals surface area contributed by atoms with Gasteiger partial charge in [-0.15, -0.1) is 0 Å². The standard InChI is InChI=1S/C52H79N11O10/c1-8-32(6)43(61-45(65)36(54)21-15-16-23-53)50(70)58-39(28-35-19-13-10-14-20-35)48(68)60-41-29-62-24-22-42(63(62)51(41)71)49(69)57-37(25-30(2)3)46(66)55-33(7)44(64)56-38(27-34-17-11-9-12-18-34)47(67)59-40(52(72)73)26-31(4)5/h9-14,17-20,30-33,36-43H,8,15-16,21-29,53-54H2,1-7H3,(H,55,66)(H,56,64)(H,57,69)(H,58,70)(H,59,67)(H,60,68)(H,61,65)(H,72,73)/t32?,33-,36-,37-,38-,39-,40-,41?,42?,43-/m0/s1. The van der Waals surface area contributed by atoms with Crippen LogP contribution in [0.25, 0.3) is 0 Å². The second-order valence-corrected chi connectivity index (χ2v) is 20.2. The molecule has 2 aromatic rings. The lowest BCUT2D eigenvalue weighted by Gasteiger charge is -2.28. The molecule has 2 aliphatic heterocycles. The van der Waals surface area contributed by atoms with Crippen LogP contribution in [0.5, 0.6) is 0 Å². The Morgan fingerprint density at radius 2 is 1.19 bits per heavy atom. The zero-order valence-electron chi connectivity index (χ0n) is 43.4. The lowest BCUT2D eigenvalue weighted by Crippen LogP contribution is -2.59. The molecule has 0 spiro atoms. The molecule has 3 unspecified atom stereocenters. The Morgan fingerprint density at radius 3 is 1.74 bits per heavy atom. The van der Waals surface area contributed by atoms with Crippen LogP contribution in [-0.2, 0) is 56.0 Å². The Balaban J connectivity index is 1.44. The fourth-order valence-electron chi connectivity index (χ4n) is 8.83. The van der Waals surface area contributed by atoms with E-state index in [4.69, 9.17) is 11.5 Å². The van der Waals surface area contributed by atoms with E-state index in [9.17, 15) is 48.3 Å². The van der Waals surface area contributed by atoms with Crippen molar-refractivity contribution < 1.29 is 48.3 Å². The molecule has 0 aliphatic carbocycles. The van der Waals surface area contributed by atoms with Crippen molar-refractivity contribution in [3.05, 3.63) is 71.8 Å². The van der Waals surface area contributed by atoms with E-state index in [0.29, 0.717) is 37.8 Å². The molecular weight excluding hydrogens is 939 g/mol. The van der Waals surface area contributed by atoms with Crippen molar-refractivity contribution in [2.75, 3.05) is 19.6 Å². The summed E-state index contributed by atoms with van der Waals surface area (Å²) in [4.78, 5) is 123. The van der Waals surface area contributed by atoms with E-state index in [0.717, 1.165) is 5.56 Å². The van der Waals surface area contributed by atoms with Gasteiger partial charge in [0.1, 0.15) is 48.3 Å². The molecule has 2 fully saturated rings. The van der Waals surface area contributed by atoms with Crippen molar-refractivity contribution in [3.63, 3.8) is 0 Å². The van der Waals surface area contributed by atoms with E-state index in [2.05, 4.69) is 37.2 Å². The summed E-state index contributed by atoms with van der Waals surface area (Å²) < 4.78 is 0. The quantitative estimate of drug-likeness (QED) is 0.0494. The van der Waals surface area contributed by atoms with E-state index >= 15 is 0 Å². The Bertz CT molecular complexity index is 2200. The number of carbonyl (C=O) groups is 9. The molecule has 12 N–H and O–H groups in total. The third-order valence-electron chi connectivity index (χ3n) is 13.1. The van der Waals surface area contributed by atoms with Crippen molar-refractivity contribution in [1.82, 2.24) is 47.2 Å². The summed E-state index contributed by atoms with van der Waals surface area (Å²) in [5, 5.41) is 31.8. The van der Waals surface area contributed by atoms with Crippen LogP contribution in [0.4, 0.5) is 0 Å². The number of hydrazine groups is 1. The van der Waals surface area contributed by atoms with E-state index in [1.54, 1.807) is 59.6 Å². The van der Waals surface area contributed by atoms with E-state index in [-0.39, 0.29) is 62.9 Å². The Kier molecular flexibility index (Phi) is 23.2. The van der Waals surface area contributed by atoms with Crippen LogP contribution in [0.15, 0.2) is 60.7 Å². The maximum Gasteiger partial charge on any atom is 0.326 e. The minimum atomic E-state index is -1.21. The zero-order chi connectivity index (χ0) is 53.9. The van der Waals surface area contributed by atoms with Gasteiger partial charge >= 0.3 is 5.97 Å². The molecule has 0 radical (unpaired) electrons. The van der Waals surface area contributed by atoms with Gasteiger partial charge in [0.2, 0.25) is 41.4 Å². The Labute approximate surface area is 428 Å². The van der Waals surface area contributed by atoms with Gasteiger partial charge in [0.05, 0.1) is 6.04 Å². The number of nitrogens with two attached hydrogens (primary N) is 2. The van der Waals surface area contributed by atoms with Gasteiger partial charge in [-0.1, -0.05) is 115 Å². The maximum absolute atomic E-state index is 14.2. The average Bonchev–Trinajstić information content (AvgIpc) is 3.90. The molecule has 402 valence electrons. The molecule has 8 amide bonds. The first-order chi connectivity index (χ1) is 34.6. The number of carboxylic acid groups (broad SMARTS) is 1. The minimum Gasteiger partial charge on any atom is -0.480 e. The number of amides is 8. The highest BCUT2D eigenvalue weighted by molar-refractivity contribution is 5.99. The highest BCUT2D eigenvalue weighted by atomic mass is 16.4. The van der Waals surface area contributed by atoms with Gasteiger partial charge in [0.25, 0.3) is 5.91 Å². The third kappa shape index (κ3) is 17.9. The van der Waals surface area contributed by atoms with Gasteiger partial charge in [-0.2, -0.15) is 0 Å². The summed E-state index contributed by atoms with van der Waals surface area (Å²) in [6, 6.07) is 7.95. The molecule has 0 aromatic heterocycles. The predicted molar refractivity (Wildman–Crippen MR) is 273 cm³/mol. The monoisotopic (exact) mass is 1020 g/mol. The van der Waals surface area contributed by atoms with E-state index < -0.39 is 108 Å². The predicted octanol–water partition coefficient (Wildman–Crippen LogP) is 0.396. The van der Waals surface area contributed by atoms with E-state index in [1.807, 2.05) is 47.6 Å². The smallest absolute Gasteiger partial charge is 0.326 e. The molecule has 10 atom stereocenters. The summed E-state index contributed by atoms with van der Waals surface area (Å²) in [7, 11) is 0. The van der Waals surface area contributed by atoms with Crippen molar-refractivity contribution in [3.8, 4) is 0 Å².